The van der Waals surface area contributed by atoms with Gasteiger partial charge in [-0.2, -0.15) is 9.64 Å². The van der Waals surface area contributed by atoms with E-state index < -0.39 is 0 Å². The predicted molar refractivity (Wildman–Crippen MR) is 125 cm³/mol. The maximum Gasteiger partial charge on any atom is 0.223 e. The zero-order valence-corrected chi connectivity index (χ0v) is 19.3. The van der Waals surface area contributed by atoms with Crippen molar-refractivity contribution in [1.82, 2.24) is 14.3 Å². The number of hydrogen-bond donors (Lipinski definition) is 1. The van der Waals surface area contributed by atoms with E-state index in [0.29, 0.717) is 30.1 Å². The highest BCUT2D eigenvalue weighted by atomic mass is 32.1. The number of aliphatic hydroxyl groups is 1. The lowest BCUT2D eigenvalue weighted by molar-refractivity contribution is -0.129. The lowest BCUT2D eigenvalue weighted by Gasteiger charge is -2.24. The molecule has 1 aliphatic carbocycles. The first-order valence-electron chi connectivity index (χ1n) is 11.1. The van der Waals surface area contributed by atoms with Crippen molar-refractivity contribution in [3.8, 4) is 33.8 Å². The fourth-order valence-electron chi connectivity index (χ4n) is 4.98. The molecule has 0 unspecified atom stereocenters. The first-order chi connectivity index (χ1) is 16.0. The third-order valence-corrected chi connectivity index (χ3v) is 7.00. The first-order valence-corrected chi connectivity index (χ1v) is 11.8. The average Bonchev–Trinajstić information content (AvgIpc) is 3.49. The van der Waals surface area contributed by atoms with Gasteiger partial charge in [-0.15, -0.1) is 0 Å². The quantitative estimate of drug-likeness (QED) is 0.598. The maximum atomic E-state index is 12.4. The molecule has 2 heterocycles. The highest BCUT2D eigenvalue weighted by Gasteiger charge is 2.46. The van der Waals surface area contributed by atoms with Gasteiger partial charge in [-0.25, -0.2) is 4.98 Å². The van der Waals surface area contributed by atoms with Crippen LogP contribution >= 0.6 is 11.5 Å². The number of rotatable bonds is 6. The summed E-state index contributed by atoms with van der Waals surface area (Å²) >= 11 is 1.34. The van der Waals surface area contributed by atoms with Gasteiger partial charge in [0.1, 0.15) is 16.8 Å². The molecule has 1 aliphatic heterocycles. The molecule has 2 aliphatic rings. The number of carbonyl (C=O) groups is 1. The van der Waals surface area contributed by atoms with E-state index in [1.165, 1.54) is 17.1 Å². The topological polar surface area (TPSA) is 99.3 Å². The van der Waals surface area contributed by atoms with E-state index in [2.05, 4.69) is 22.6 Å². The fourth-order valence-corrected chi connectivity index (χ4v) is 5.71. The van der Waals surface area contributed by atoms with Crippen LogP contribution in [0, 0.1) is 17.2 Å². The predicted octanol–water partition coefficient (Wildman–Crippen LogP) is 3.97. The zero-order chi connectivity index (χ0) is 23.1. The van der Waals surface area contributed by atoms with E-state index in [4.69, 9.17) is 9.72 Å². The van der Waals surface area contributed by atoms with Crippen molar-refractivity contribution in [3.63, 3.8) is 0 Å². The van der Waals surface area contributed by atoms with E-state index >= 15 is 0 Å². The van der Waals surface area contributed by atoms with Crippen LogP contribution < -0.4 is 4.74 Å². The molecule has 0 bridgehead atoms. The van der Waals surface area contributed by atoms with Crippen molar-refractivity contribution in [2.75, 3.05) is 13.2 Å². The summed E-state index contributed by atoms with van der Waals surface area (Å²) in [4.78, 5) is 19.0. The van der Waals surface area contributed by atoms with Gasteiger partial charge in [0.15, 0.2) is 5.82 Å². The number of aliphatic hydroxyl groups excluding tert-OH is 1. The number of fused-ring (bicyclic) bond motifs is 3. The molecule has 8 heteroatoms. The van der Waals surface area contributed by atoms with Crippen LogP contribution in [0.3, 0.4) is 0 Å². The number of β-amino-alcohol motifs (C(OH)–C–C–N with tert-alkyl or cyclic N) is 1. The Balaban J connectivity index is 1.48. The molecule has 0 spiro atoms. The third kappa shape index (κ3) is 3.77. The summed E-state index contributed by atoms with van der Waals surface area (Å²) in [6, 6.07) is 13.8. The van der Waals surface area contributed by atoms with Crippen LogP contribution in [-0.4, -0.2) is 44.5 Å². The second-order valence-corrected chi connectivity index (χ2v) is 9.46. The summed E-state index contributed by atoms with van der Waals surface area (Å²) in [5, 5.41) is 19.8. The van der Waals surface area contributed by atoms with Crippen molar-refractivity contribution < 1.29 is 14.6 Å². The first kappa shape index (κ1) is 21.6. The standard InChI is InChI=1S/C25H24N4O3S/c1-14(2)32-21-7-6-15(10-17(21)13-26)24-27-25(33-28-24)19-5-3-4-18-20(19)11-16-12-22(31)29(8-9-30)23(16)18/h3-7,10,14,16,23,30H,8-9,11-12H2,1-2H3/t16-,23+/m1/s1. The Morgan fingerprint density at radius 1 is 1.30 bits per heavy atom. The van der Waals surface area contributed by atoms with Crippen molar-refractivity contribution in [3.05, 3.63) is 53.1 Å². The van der Waals surface area contributed by atoms with E-state index in [0.717, 1.165) is 28.1 Å². The molecular formula is C25H24N4O3S. The van der Waals surface area contributed by atoms with Gasteiger partial charge in [-0.1, -0.05) is 18.2 Å². The van der Waals surface area contributed by atoms with Crippen LogP contribution in [0.5, 0.6) is 5.75 Å². The molecule has 5 rings (SSSR count). The molecule has 1 aromatic heterocycles. The monoisotopic (exact) mass is 460 g/mol. The maximum absolute atomic E-state index is 12.4. The van der Waals surface area contributed by atoms with Gasteiger partial charge in [0, 0.05) is 24.1 Å². The second-order valence-electron chi connectivity index (χ2n) is 8.71. The lowest BCUT2D eigenvalue weighted by Crippen LogP contribution is -2.30. The van der Waals surface area contributed by atoms with Gasteiger partial charge < -0.3 is 14.7 Å². The number of benzene rings is 2. The molecule has 2 atom stereocenters. The Bertz CT molecular complexity index is 1260. The molecule has 0 saturated carbocycles. The summed E-state index contributed by atoms with van der Waals surface area (Å²) in [6.45, 7) is 4.18. The smallest absolute Gasteiger partial charge is 0.223 e. The number of hydrogen-bond acceptors (Lipinski definition) is 7. The minimum absolute atomic E-state index is 0.0183. The molecule has 7 nitrogen and oxygen atoms in total. The molecule has 1 saturated heterocycles. The zero-order valence-electron chi connectivity index (χ0n) is 18.5. The molecule has 168 valence electrons. The Morgan fingerprint density at radius 2 is 2.15 bits per heavy atom. The molecular weight excluding hydrogens is 436 g/mol. The molecule has 2 aromatic carbocycles. The Kier molecular flexibility index (Phi) is 5.60. The molecule has 1 N–H and O–H groups in total. The van der Waals surface area contributed by atoms with Crippen LogP contribution in [0.1, 0.15) is 43.0 Å². The van der Waals surface area contributed by atoms with E-state index in [1.807, 2.05) is 30.9 Å². The van der Waals surface area contributed by atoms with Gasteiger partial charge in [0.25, 0.3) is 0 Å². The summed E-state index contributed by atoms with van der Waals surface area (Å²) in [7, 11) is 0. The summed E-state index contributed by atoms with van der Waals surface area (Å²) < 4.78 is 10.3. The summed E-state index contributed by atoms with van der Waals surface area (Å²) in [5.41, 5.74) is 4.63. The Labute approximate surface area is 196 Å². The highest BCUT2D eigenvalue weighted by Crippen LogP contribution is 2.49. The van der Waals surface area contributed by atoms with Gasteiger partial charge >= 0.3 is 0 Å². The summed E-state index contributed by atoms with van der Waals surface area (Å²) in [5.74, 6) is 1.49. The van der Waals surface area contributed by atoms with Crippen molar-refractivity contribution in [2.24, 2.45) is 5.92 Å². The average molecular weight is 461 g/mol. The number of carbonyl (C=O) groups excluding carboxylic acids is 1. The number of amides is 1. The van der Waals surface area contributed by atoms with Crippen LogP contribution in [0.4, 0.5) is 0 Å². The molecule has 1 fully saturated rings. The molecule has 33 heavy (non-hydrogen) atoms. The Morgan fingerprint density at radius 3 is 2.91 bits per heavy atom. The summed E-state index contributed by atoms with van der Waals surface area (Å²) in [6.07, 6.45) is 1.32. The Hall–Kier alpha value is -3.28. The fraction of sp³-hybridized carbons (Fsp3) is 0.360. The van der Waals surface area contributed by atoms with Crippen molar-refractivity contribution in [1.29, 1.82) is 5.26 Å². The largest absolute Gasteiger partial charge is 0.490 e. The van der Waals surface area contributed by atoms with Crippen LogP contribution in [0.15, 0.2) is 36.4 Å². The normalized spacial score (nSPS) is 19.0. The van der Waals surface area contributed by atoms with Gasteiger partial charge in [0.05, 0.1) is 24.3 Å². The molecule has 1 amide bonds. The molecule has 3 aromatic rings. The number of ether oxygens (including phenoxy) is 1. The third-order valence-electron chi connectivity index (χ3n) is 6.25. The minimum Gasteiger partial charge on any atom is -0.490 e. The SMILES string of the molecule is CC(C)Oc1ccc(-c2nsc(-c3cccc4c3C[C@@H]3CC(=O)N(CCO)[C@H]43)n2)cc1C#N. The van der Waals surface area contributed by atoms with Crippen LogP contribution in [0.2, 0.25) is 0 Å². The highest BCUT2D eigenvalue weighted by molar-refractivity contribution is 7.09. The second kappa shape index (κ2) is 8.58. The van der Waals surface area contributed by atoms with Crippen LogP contribution in [0.25, 0.3) is 22.0 Å². The number of nitriles is 1. The number of aromatic nitrogens is 2. The van der Waals surface area contributed by atoms with Crippen LogP contribution in [-0.2, 0) is 11.2 Å². The number of likely N-dealkylation sites (tertiary alicyclic amines) is 1. The van der Waals surface area contributed by atoms with E-state index in [-0.39, 0.29) is 30.6 Å². The van der Waals surface area contributed by atoms with Gasteiger partial charge in [-0.05, 0) is 67.0 Å². The van der Waals surface area contributed by atoms with Gasteiger partial charge in [0.2, 0.25) is 5.91 Å². The van der Waals surface area contributed by atoms with E-state index in [9.17, 15) is 15.2 Å². The van der Waals surface area contributed by atoms with E-state index in [1.54, 1.807) is 12.1 Å². The van der Waals surface area contributed by atoms with Crippen molar-refractivity contribution in [2.45, 2.75) is 38.8 Å². The van der Waals surface area contributed by atoms with Crippen molar-refractivity contribution >= 4 is 17.4 Å². The molecule has 0 radical (unpaired) electrons. The number of nitrogens with zero attached hydrogens (tertiary/aromatic N) is 4. The lowest BCUT2D eigenvalue weighted by atomic mass is 10.0. The van der Waals surface area contributed by atoms with Gasteiger partial charge in [-0.3, -0.25) is 4.79 Å². The minimum atomic E-state index is -0.0323.